The van der Waals surface area contributed by atoms with Crippen molar-refractivity contribution in [2.24, 2.45) is 0 Å². The van der Waals surface area contributed by atoms with Gasteiger partial charge in [0.2, 0.25) is 6.41 Å². The van der Waals surface area contributed by atoms with Crippen LogP contribution in [-0.2, 0) is 11.2 Å². The molecule has 0 radical (unpaired) electrons. The van der Waals surface area contributed by atoms with Crippen LogP contribution in [0.1, 0.15) is 28.5 Å². The highest BCUT2D eigenvalue weighted by Crippen LogP contribution is 2.24. The molecule has 3 rings (SSSR count). The Morgan fingerprint density at radius 3 is 2.54 bits per heavy atom. The third-order valence-electron chi connectivity index (χ3n) is 4.63. The Kier molecular flexibility index (Phi) is 5.46. The lowest BCUT2D eigenvalue weighted by Gasteiger charge is -2.32. The number of nitrogens with zero attached hydrogens (tertiary/aromatic N) is 4. The summed E-state index contributed by atoms with van der Waals surface area (Å²) < 4.78 is 0. The molecule has 0 aliphatic carbocycles. The van der Waals surface area contributed by atoms with E-state index in [0.717, 1.165) is 24.1 Å². The molecule has 1 aromatic heterocycles. The Balaban J connectivity index is 1.69. The van der Waals surface area contributed by atoms with Gasteiger partial charge in [-0.15, -0.1) is 10.2 Å². The van der Waals surface area contributed by atoms with Gasteiger partial charge in [-0.05, 0) is 36.6 Å². The molecule has 26 heavy (non-hydrogen) atoms. The second-order valence-corrected chi connectivity index (χ2v) is 6.32. The van der Waals surface area contributed by atoms with Crippen LogP contribution in [0.5, 0.6) is 0 Å². The maximum absolute atomic E-state index is 12.5. The minimum Gasteiger partial charge on any atom is -0.342 e. The SMILES string of the molecule is CCc1cccc(C)c1Nc1ccc(C(=O)N2CCN(C=O)CC2)nn1. The van der Waals surface area contributed by atoms with Gasteiger partial charge in [0.15, 0.2) is 11.5 Å². The molecule has 7 heteroatoms. The van der Waals surface area contributed by atoms with E-state index in [-0.39, 0.29) is 5.91 Å². The number of anilines is 2. The molecule has 2 heterocycles. The second-order valence-electron chi connectivity index (χ2n) is 6.32. The van der Waals surface area contributed by atoms with Gasteiger partial charge in [0.25, 0.3) is 5.91 Å². The summed E-state index contributed by atoms with van der Waals surface area (Å²) in [7, 11) is 0. The molecule has 1 aliphatic heterocycles. The van der Waals surface area contributed by atoms with E-state index in [2.05, 4.69) is 28.5 Å². The van der Waals surface area contributed by atoms with Crippen molar-refractivity contribution < 1.29 is 9.59 Å². The lowest BCUT2D eigenvalue weighted by molar-refractivity contribution is -0.119. The third-order valence-corrected chi connectivity index (χ3v) is 4.63. The number of hydrogen-bond acceptors (Lipinski definition) is 5. The molecular weight excluding hydrogens is 330 g/mol. The Hall–Kier alpha value is -2.96. The average Bonchev–Trinajstić information content (AvgIpc) is 2.69. The van der Waals surface area contributed by atoms with Gasteiger partial charge < -0.3 is 15.1 Å². The van der Waals surface area contributed by atoms with Gasteiger partial charge in [0, 0.05) is 31.9 Å². The molecule has 1 N–H and O–H groups in total. The number of benzene rings is 1. The molecule has 0 unspecified atom stereocenters. The van der Waals surface area contributed by atoms with Gasteiger partial charge in [-0.3, -0.25) is 9.59 Å². The molecule has 1 fully saturated rings. The van der Waals surface area contributed by atoms with Crippen LogP contribution in [0, 0.1) is 6.92 Å². The minimum atomic E-state index is -0.153. The van der Waals surface area contributed by atoms with Crippen LogP contribution in [0.25, 0.3) is 0 Å². The van der Waals surface area contributed by atoms with Gasteiger partial charge in [0.1, 0.15) is 0 Å². The fourth-order valence-electron chi connectivity index (χ4n) is 3.04. The highest BCUT2D eigenvalue weighted by molar-refractivity contribution is 5.92. The third kappa shape index (κ3) is 3.82. The zero-order valence-corrected chi connectivity index (χ0v) is 15.1. The van der Waals surface area contributed by atoms with E-state index in [9.17, 15) is 9.59 Å². The molecule has 1 aromatic carbocycles. The Labute approximate surface area is 153 Å². The minimum absolute atomic E-state index is 0.153. The summed E-state index contributed by atoms with van der Waals surface area (Å²) in [6, 6.07) is 9.63. The average molecular weight is 353 g/mol. The van der Waals surface area contributed by atoms with Crippen molar-refractivity contribution in [1.29, 1.82) is 0 Å². The van der Waals surface area contributed by atoms with E-state index in [4.69, 9.17) is 0 Å². The zero-order chi connectivity index (χ0) is 18.5. The van der Waals surface area contributed by atoms with E-state index in [1.165, 1.54) is 5.56 Å². The van der Waals surface area contributed by atoms with Crippen molar-refractivity contribution >= 4 is 23.8 Å². The van der Waals surface area contributed by atoms with Crippen LogP contribution in [-0.4, -0.2) is 58.5 Å². The largest absolute Gasteiger partial charge is 0.342 e. The number of piperazine rings is 1. The van der Waals surface area contributed by atoms with Gasteiger partial charge in [0.05, 0.1) is 0 Å². The van der Waals surface area contributed by atoms with Crippen LogP contribution in [0.3, 0.4) is 0 Å². The van der Waals surface area contributed by atoms with E-state index >= 15 is 0 Å². The second kappa shape index (κ2) is 7.95. The molecule has 0 atom stereocenters. The molecule has 0 saturated carbocycles. The monoisotopic (exact) mass is 353 g/mol. The molecule has 1 saturated heterocycles. The fourth-order valence-corrected chi connectivity index (χ4v) is 3.04. The van der Waals surface area contributed by atoms with Gasteiger partial charge in [-0.2, -0.15) is 0 Å². The highest BCUT2D eigenvalue weighted by atomic mass is 16.2. The molecule has 2 amide bonds. The van der Waals surface area contributed by atoms with Crippen molar-refractivity contribution in [3.05, 3.63) is 47.2 Å². The van der Waals surface area contributed by atoms with Gasteiger partial charge >= 0.3 is 0 Å². The maximum atomic E-state index is 12.5. The number of nitrogens with one attached hydrogen (secondary N) is 1. The Morgan fingerprint density at radius 2 is 1.92 bits per heavy atom. The standard InChI is InChI=1S/C19H23N5O2/c1-3-15-6-4-5-14(2)18(15)20-17-8-7-16(21-22-17)19(26)24-11-9-23(13-25)10-12-24/h4-8,13H,3,9-12H2,1-2H3,(H,20,22). The zero-order valence-electron chi connectivity index (χ0n) is 15.1. The summed E-state index contributed by atoms with van der Waals surface area (Å²) in [6.07, 6.45) is 1.74. The number of rotatable bonds is 5. The van der Waals surface area contributed by atoms with Crippen LogP contribution in [0.2, 0.25) is 0 Å². The molecular formula is C19H23N5O2. The first-order valence-electron chi connectivity index (χ1n) is 8.80. The van der Waals surface area contributed by atoms with Gasteiger partial charge in [-0.25, -0.2) is 0 Å². The molecule has 0 spiro atoms. The molecule has 2 aromatic rings. The molecule has 136 valence electrons. The maximum Gasteiger partial charge on any atom is 0.274 e. The van der Waals surface area contributed by atoms with Crippen molar-refractivity contribution in [2.45, 2.75) is 20.3 Å². The quantitative estimate of drug-likeness (QED) is 0.832. The number of para-hydroxylation sites is 1. The first-order chi connectivity index (χ1) is 12.6. The number of carbonyl (C=O) groups excluding carboxylic acids is 2. The summed E-state index contributed by atoms with van der Waals surface area (Å²) in [4.78, 5) is 26.6. The lowest BCUT2D eigenvalue weighted by atomic mass is 10.1. The highest BCUT2D eigenvalue weighted by Gasteiger charge is 2.22. The predicted molar refractivity (Wildman–Crippen MR) is 99.4 cm³/mol. The number of amides is 2. The van der Waals surface area contributed by atoms with Crippen molar-refractivity contribution in [1.82, 2.24) is 20.0 Å². The first kappa shape index (κ1) is 17.8. The summed E-state index contributed by atoms with van der Waals surface area (Å²) in [5, 5.41) is 11.6. The predicted octanol–water partition coefficient (Wildman–Crippen LogP) is 2.01. The number of carbonyl (C=O) groups is 2. The molecule has 1 aliphatic rings. The number of hydrogen-bond donors (Lipinski definition) is 1. The molecule has 7 nitrogen and oxygen atoms in total. The smallest absolute Gasteiger partial charge is 0.274 e. The van der Waals surface area contributed by atoms with E-state index in [1.807, 2.05) is 19.1 Å². The van der Waals surface area contributed by atoms with Crippen molar-refractivity contribution in [3.8, 4) is 0 Å². The normalized spacial score (nSPS) is 14.2. The fraction of sp³-hybridized carbons (Fsp3) is 0.368. The Morgan fingerprint density at radius 1 is 1.15 bits per heavy atom. The van der Waals surface area contributed by atoms with Crippen molar-refractivity contribution in [3.63, 3.8) is 0 Å². The summed E-state index contributed by atoms with van der Waals surface area (Å²) in [5.41, 5.74) is 3.70. The summed E-state index contributed by atoms with van der Waals surface area (Å²) in [5.74, 6) is 0.455. The van der Waals surface area contributed by atoms with E-state index in [1.54, 1.807) is 21.9 Å². The van der Waals surface area contributed by atoms with E-state index < -0.39 is 0 Å². The first-order valence-corrected chi connectivity index (χ1v) is 8.80. The summed E-state index contributed by atoms with van der Waals surface area (Å²) in [6.45, 7) is 6.29. The number of aromatic nitrogens is 2. The van der Waals surface area contributed by atoms with Crippen LogP contribution in [0.4, 0.5) is 11.5 Å². The van der Waals surface area contributed by atoms with Crippen LogP contribution in [0.15, 0.2) is 30.3 Å². The topological polar surface area (TPSA) is 78.4 Å². The van der Waals surface area contributed by atoms with Crippen LogP contribution >= 0.6 is 0 Å². The number of aryl methyl sites for hydroxylation is 2. The lowest BCUT2D eigenvalue weighted by Crippen LogP contribution is -2.48. The Bertz CT molecular complexity index is 783. The molecule has 0 bridgehead atoms. The van der Waals surface area contributed by atoms with Gasteiger partial charge in [-0.1, -0.05) is 25.1 Å². The van der Waals surface area contributed by atoms with Crippen molar-refractivity contribution in [2.75, 3.05) is 31.5 Å². The van der Waals surface area contributed by atoms with E-state index in [0.29, 0.717) is 37.7 Å². The van der Waals surface area contributed by atoms with Crippen LogP contribution < -0.4 is 5.32 Å². The summed E-state index contributed by atoms with van der Waals surface area (Å²) >= 11 is 0.